The molecule has 1 fully saturated rings. The minimum absolute atomic E-state index is 0.451. The van der Waals surface area contributed by atoms with Gasteiger partial charge in [-0.15, -0.1) is 11.3 Å². The van der Waals surface area contributed by atoms with E-state index < -0.39 is 0 Å². The number of aromatic nitrogens is 1. The Morgan fingerprint density at radius 1 is 1.42 bits per heavy atom. The largest absolute Gasteiger partial charge is 0.349 e. The van der Waals surface area contributed by atoms with Crippen molar-refractivity contribution < 1.29 is 0 Å². The van der Waals surface area contributed by atoms with Crippen molar-refractivity contribution in [2.45, 2.75) is 59.5 Å². The van der Waals surface area contributed by atoms with Crippen molar-refractivity contribution in [1.82, 2.24) is 10.3 Å². The Labute approximate surface area is 121 Å². The lowest BCUT2D eigenvalue weighted by Crippen LogP contribution is -2.37. The summed E-state index contributed by atoms with van der Waals surface area (Å²) in [6, 6.07) is 0.659. The van der Waals surface area contributed by atoms with Gasteiger partial charge >= 0.3 is 0 Å². The highest BCUT2D eigenvalue weighted by atomic mass is 32.1. The zero-order valence-electron chi connectivity index (χ0n) is 12.7. The molecule has 0 aromatic carbocycles. The quantitative estimate of drug-likeness (QED) is 0.862. The number of thiazole rings is 1. The normalized spacial score (nSPS) is 21.8. The molecule has 1 saturated carbocycles. The highest BCUT2D eigenvalue weighted by Gasteiger charge is 2.33. The lowest BCUT2D eigenvalue weighted by Gasteiger charge is -2.27. The van der Waals surface area contributed by atoms with Crippen LogP contribution in [0.15, 0.2) is 6.20 Å². The van der Waals surface area contributed by atoms with Crippen molar-refractivity contribution in [1.29, 1.82) is 0 Å². The van der Waals surface area contributed by atoms with E-state index in [0.717, 1.165) is 24.8 Å². The van der Waals surface area contributed by atoms with Crippen molar-refractivity contribution in [3.05, 3.63) is 11.1 Å². The number of hydrogen-bond donors (Lipinski definition) is 1. The molecular weight excluding hydrogens is 254 g/mol. The predicted octanol–water partition coefficient (Wildman–Crippen LogP) is 3.66. The molecule has 1 N–H and O–H groups in total. The summed E-state index contributed by atoms with van der Waals surface area (Å²) in [5.41, 5.74) is 0.451. The summed E-state index contributed by atoms with van der Waals surface area (Å²) < 4.78 is 0. The zero-order valence-corrected chi connectivity index (χ0v) is 13.5. The Hall–Kier alpha value is -0.610. The van der Waals surface area contributed by atoms with E-state index in [1.54, 1.807) is 0 Å². The summed E-state index contributed by atoms with van der Waals surface area (Å²) in [5, 5.41) is 4.89. The third kappa shape index (κ3) is 3.48. The standard InChI is InChI=1S/C15H27N3S/c1-5-18(6-2)14-17-11-12(19-14)10-16-13-8-7-9-15(13,3)4/h11,13,16H,5-10H2,1-4H3. The van der Waals surface area contributed by atoms with Crippen LogP contribution in [-0.4, -0.2) is 24.1 Å². The molecule has 108 valence electrons. The highest BCUT2D eigenvalue weighted by molar-refractivity contribution is 7.15. The average molecular weight is 281 g/mol. The minimum Gasteiger partial charge on any atom is -0.349 e. The van der Waals surface area contributed by atoms with Crippen molar-refractivity contribution in [3.8, 4) is 0 Å². The number of rotatable bonds is 6. The van der Waals surface area contributed by atoms with E-state index in [1.165, 1.54) is 24.1 Å². The summed E-state index contributed by atoms with van der Waals surface area (Å²) in [4.78, 5) is 8.21. The topological polar surface area (TPSA) is 28.2 Å². The second-order valence-corrected chi connectivity index (χ2v) is 7.19. The lowest BCUT2D eigenvalue weighted by atomic mass is 9.87. The average Bonchev–Trinajstić information content (AvgIpc) is 2.95. The molecule has 1 aromatic rings. The van der Waals surface area contributed by atoms with Gasteiger partial charge in [-0.05, 0) is 32.1 Å². The van der Waals surface area contributed by atoms with Gasteiger partial charge in [0.05, 0.1) is 0 Å². The summed E-state index contributed by atoms with van der Waals surface area (Å²) in [6.07, 6.45) is 6.05. The minimum atomic E-state index is 0.451. The van der Waals surface area contributed by atoms with E-state index in [9.17, 15) is 0 Å². The Morgan fingerprint density at radius 3 is 2.74 bits per heavy atom. The van der Waals surface area contributed by atoms with E-state index in [-0.39, 0.29) is 0 Å². The van der Waals surface area contributed by atoms with Crippen molar-refractivity contribution >= 4 is 16.5 Å². The molecule has 4 heteroatoms. The first-order valence-electron chi connectivity index (χ1n) is 7.50. The summed E-state index contributed by atoms with van der Waals surface area (Å²) in [7, 11) is 0. The summed E-state index contributed by atoms with van der Waals surface area (Å²) in [6.45, 7) is 12.2. The molecule has 1 aliphatic rings. The number of nitrogens with zero attached hydrogens (tertiary/aromatic N) is 2. The molecule has 1 atom stereocenters. The van der Waals surface area contributed by atoms with Gasteiger partial charge in [-0.3, -0.25) is 0 Å². The Kier molecular flexibility index (Phi) is 4.85. The van der Waals surface area contributed by atoms with Gasteiger partial charge < -0.3 is 10.2 Å². The van der Waals surface area contributed by atoms with E-state index in [2.05, 4.69) is 42.9 Å². The molecule has 1 aliphatic carbocycles. The van der Waals surface area contributed by atoms with Gasteiger partial charge in [0.2, 0.25) is 0 Å². The maximum Gasteiger partial charge on any atom is 0.185 e. The van der Waals surface area contributed by atoms with E-state index in [4.69, 9.17) is 0 Å². The van der Waals surface area contributed by atoms with Crippen LogP contribution in [-0.2, 0) is 6.54 Å². The summed E-state index contributed by atoms with van der Waals surface area (Å²) >= 11 is 1.83. The van der Waals surface area contributed by atoms with Crippen LogP contribution in [0.3, 0.4) is 0 Å². The van der Waals surface area contributed by atoms with Crippen LogP contribution in [0.2, 0.25) is 0 Å². The Balaban J connectivity index is 1.90. The fourth-order valence-electron chi connectivity index (χ4n) is 2.95. The molecule has 0 aliphatic heterocycles. The molecule has 3 nitrogen and oxygen atoms in total. The highest BCUT2D eigenvalue weighted by Crippen LogP contribution is 2.37. The maximum absolute atomic E-state index is 4.54. The maximum atomic E-state index is 4.54. The molecule has 1 heterocycles. The third-order valence-electron chi connectivity index (χ3n) is 4.36. The Morgan fingerprint density at radius 2 is 2.16 bits per heavy atom. The summed E-state index contributed by atoms with van der Waals surface area (Å²) in [5.74, 6) is 0. The van der Waals surface area contributed by atoms with Crippen LogP contribution in [0.5, 0.6) is 0 Å². The van der Waals surface area contributed by atoms with Crippen LogP contribution in [0.1, 0.15) is 51.8 Å². The molecular formula is C15H27N3S. The molecule has 19 heavy (non-hydrogen) atoms. The van der Waals surface area contributed by atoms with E-state index >= 15 is 0 Å². The monoisotopic (exact) mass is 281 g/mol. The molecule has 2 rings (SSSR count). The fourth-order valence-corrected chi connectivity index (χ4v) is 3.94. The molecule has 0 radical (unpaired) electrons. The second kappa shape index (κ2) is 6.23. The van der Waals surface area contributed by atoms with E-state index in [0.29, 0.717) is 11.5 Å². The first kappa shape index (κ1) is 14.8. The van der Waals surface area contributed by atoms with Crippen molar-refractivity contribution in [2.24, 2.45) is 5.41 Å². The van der Waals surface area contributed by atoms with Crippen LogP contribution in [0.4, 0.5) is 5.13 Å². The number of nitrogens with one attached hydrogen (secondary N) is 1. The SMILES string of the molecule is CCN(CC)c1ncc(CNC2CCCC2(C)C)s1. The molecule has 0 bridgehead atoms. The van der Waals surface area contributed by atoms with Crippen LogP contribution >= 0.6 is 11.3 Å². The molecule has 0 amide bonds. The molecule has 0 spiro atoms. The Bertz CT molecular complexity index is 396. The smallest absolute Gasteiger partial charge is 0.185 e. The number of anilines is 1. The van der Waals surface area contributed by atoms with Crippen molar-refractivity contribution in [2.75, 3.05) is 18.0 Å². The van der Waals surface area contributed by atoms with Gasteiger partial charge in [-0.2, -0.15) is 0 Å². The van der Waals surface area contributed by atoms with Crippen molar-refractivity contribution in [3.63, 3.8) is 0 Å². The second-order valence-electron chi connectivity index (χ2n) is 6.10. The lowest BCUT2D eigenvalue weighted by molar-refractivity contribution is 0.283. The first-order valence-corrected chi connectivity index (χ1v) is 8.31. The van der Waals surface area contributed by atoms with Crippen LogP contribution in [0.25, 0.3) is 0 Å². The van der Waals surface area contributed by atoms with Gasteiger partial charge in [-0.1, -0.05) is 20.3 Å². The molecule has 1 aromatic heterocycles. The fraction of sp³-hybridized carbons (Fsp3) is 0.800. The third-order valence-corrected chi connectivity index (χ3v) is 5.41. The predicted molar refractivity (Wildman–Crippen MR) is 83.9 cm³/mol. The molecule has 1 unspecified atom stereocenters. The first-order chi connectivity index (χ1) is 9.06. The van der Waals surface area contributed by atoms with Gasteiger partial charge in [0.15, 0.2) is 5.13 Å². The number of hydrogen-bond acceptors (Lipinski definition) is 4. The van der Waals surface area contributed by atoms with E-state index in [1.807, 2.05) is 17.5 Å². The molecule has 0 saturated heterocycles. The van der Waals surface area contributed by atoms with Crippen LogP contribution in [0, 0.1) is 5.41 Å². The van der Waals surface area contributed by atoms with Gasteiger partial charge in [-0.25, -0.2) is 4.98 Å². The van der Waals surface area contributed by atoms with Gasteiger partial charge in [0, 0.05) is 36.8 Å². The van der Waals surface area contributed by atoms with Crippen LogP contribution < -0.4 is 10.2 Å². The zero-order chi connectivity index (χ0) is 13.9. The van der Waals surface area contributed by atoms with Gasteiger partial charge in [0.1, 0.15) is 0 Å². The van der Waals surface area contributed by atoms with Gasteiger partial charge in [0.25, 0.3) is 0 Å².